The van der Waals surface area contributed by atoms with Crippen molar-refractivity contribution >= 4 is 0 Å². The SMILES string of the molecule is CCN1CCC(C(C)NC2CCCC2n2ccnc2)CC1. The molecule has 0 spiro atoms. The third-order valence-electron chi connectivity index (χ3n) is 5.65. The molecule has 1 saturated heterocycles. The Labute approximate surface area is 128 Å². The fourth-order valence-corrected chi connectivity index (χ4v) is 4.20. The molecular formula is C17H30N4. The molecule has 0 radical (unpaired) electrons. The summed E-state index contributed by atoms with van der Waals surface area (Å²) in [5.41, 5.74) is 0. The first kappa shape index (κ1) is 15.0. The number of likely N-dealkylation sites (tertiary alicyclic amines) is 1. The Kier molecular flexibility index (Phi) is 4.96. The smallest absolute Gasteiger partial charge is 0.0949 e. The summed E-state index contributed by atoms with van der Waals surface area (Å²) in [5.74, 6) is 0.844. The van der Waals surface area contributed by atoms with E-state index in [2.05, 4.69) is 39.8 Å². The molecule has 1 aromatic heterocycles. The zero-order valence-electron chi connectivity index (χ0n) is 13.5. The number of piperidine rings is 1. The largest absolute Gasteiger partial charge is 0.333 e. The van der Waals surface area contributed by atoms with Crippen LogP contribution in [0.3, 0.4) is 0 Å². The molecule has 0 bridgehead atoms. The van der Waals surface area contributed by atoms with Gasteiger partial charge in [-0.25, -0.2) is 4.98 Å². The van der Waals surface area contributed by atoms with Crippen LogP contribution in [0.1, 0.15) is 52.0 Å². The molecule has 1 aliphatic carbocycles. The summed E-state index contributed by atoms with van der Waals surface area (Å²) in [5, 5.41) is 3.95. The van der Waals surface area contributed by atoms with Crippen LogP contribution in [0.4, 0.5) is 0 Å². The van der Waals surface area contributed by atoms with E-state index < -0.39 is 0 Å². The van der Waals surface area contributed by atoms with Gasteiger partial charge in [-0.3, -0.25) is 0 Å². The van der Waals surface area contributed by atoms with Crippen LogP contribution in [-0.4, -0.2) is 46.2 Å². The minimum Gasteiger partial charge on any atom is -0.333 e. The van der Waals surface area contributed by atoms with E-state index in [1.54, 1.807) is 0 Å². The number of hydrogen-bond acceptors (Lipinski definition) is 3. The number of nitrogens with zero attached hydrogens (tertiary/aromatic N) is 3. The van der Waals surface area contributed by atoms with E-state index >= 15 is 0 Å². The highest BCUT2D eigenvalue weighted by molar-refractivity contribution is 4.93. The second-order valence-corrected chi connectivity index (χ2v) is 6.84. The van der Waals surface area contributed by atoms with Crippen molar-refractivity contribution in [2.24, 2.45) is 5.92 Å². The second kappa shape index (κ2) is 6.93. The minimum absolute atomic E-state index is 0.602. The van der Waals surface area contributed by atoms with Gasteiger partial charge < -0.3 is 14.8 Å². The molecule has 21 heavy (non-hydrogen) atoms. The summed E-state index contributed by atoms with van der Waals surface area (Å²) < 4.78 is 2.30. The number of nitrogens with one attached hydrogen (secondary N) is 1. The molecule has 118 valence electrons. The van der Waals surface area contributed by atoms with Gasteiger partial charge in [0, 0.05) is 30.5 Å². The van der Waals surface area contributed by atoms with E-state index in [-0.39, 0.29) is 0 Å². The quantitative estimate of drug-likeness (QED) is 0.905. The molecule has 1 aliphatic heterocycles. The lowest BCUT2D eigenvalue weighted by molar-refractivity contribution is 0.161. The van der Waals surface area contributed by atoms with Crippen molar-refractivity contribution < 1.29 is 0 Å². The summed E-state index contributed by atoms with van der Waals surface area (Å²) in [6.45, 7) is 8.44. The molecule has 3 atom stereocenters. The van der Waals surface area contributed by atoms with Crippen molar-refractivity contribution in [3.8, 4) is 0 Å². The van der Waals surface area contributed by atoms with Crippen molar-refractivity contribution in [2.75, 3.05) is 19.6 Å². The van der Waals surface area contributed by atoms with E-state index in [0.717, 1.165) is 5.92 Å². The van der Waals surface area contributed by atoms with Gasteiger partial charge in [0.15, 0.2) is 0 Å². The van der Waals surface area contributed by atoms with Gasteiger partial charge in [-0.05, 0) is 64.6 Å². The summed E-state index contributed by atoms with van der Waals surface area (Å²) in [4.78, 5) is 6.79. The molecule has 0 amide bonds. The average Bonchev–Trinajstić information content (AvgIpc) is 3.18. The van der Waals surface area contributed by atoms with Gasteiger partial charge in [-0.1, -0.05) is 6.92 Å². The molecule has 3 unspecified atom stereocenters. The Morgan fingerprint density at radius 1 is 1.24 bits per heavy atom. The van der Waals surface area contributed by atoms with E-state index in [9.17, 15) is 0 Å². The van der Waals surface area contributed by atoms with Crippen LogP contribution >= 0.6 is 0 Å². The van der Waals surface area contributed by atoms with Crippen molar-refractivity contribution in [2.45, 2.75) is 64.1 Å². The Morgan fingerprint density at radius 3 is 2.71 bits per heavy atom. The van der Waals surface area contributed by atoms with E-state index in [1.807, 2.05) is 12.5 Å². The molecule has 1 N–H and O–H groups in total. The van der Waals surface area contributed by atoms with Gasteiger partial charge in [-0.15, -0.1) is 0 Å². The van der Waals surface area contributed by atoms with Crippen LogP contribution in [0.2, 0.25) is 0 Å². The summed E-state index contributed by atoms with van der Waals surface area (Å²) in [6, 6.07) is 1.86. The van der Waals surface area contributed by atoms with Gasteiger partial charge in [0.2, 0.25) is 0 Å². The fraction of sp³-hybridized carbons (Fsp3) is 0.824. The molecule has 2 heterocycles. The van der Waals surface area contributed by atoms with Gasteiger partial charge in [0.25, 0.3) is 0 Å². The molecule has 1 aromatic rings. The lowest BCUT2D eigenvalue weighted by atomic mass is 9.89. The topological polar surface area (TPSA) is 33.1 Å². The maximum absolute atomic E-state index is 4.22. The van der Waals surface area contributed by atoms with Gasteiger partial charge in [0.1, 0.15) is 0 Å². The first-order valence-electron chi connectivity index (χ1n) is 8.73. The van der Waals surface area contributed by atoms with E-state index in [4.69, 9.17) is 0 Å². The second-order valence-electron chi connectivity index (χ2n) is 6.84. The van der Waals surface area contributed by atoms with Crippen molar-refractivity contribution in [3.63, 3.8) is 0 Å². The molecule has 4 nitrogen and oxygen atoms in total. The lowest BCUT2D eigenvalue weighted by Crippen LogP contribution is -2.46. The number of rotatable bonds is 5. The zero-order chi connectivity index (χ0) is 14.7. The van der Waals surface area contributed by atoms with E-state index in [1.165, 1.54) is 51.7 Å². The maximum Gasteiger partial charge on any atom is 0.0949 e. The minimum atomic E-state index is 0.602. The number of imidazole rings is 1. The molecule has 3 rings (SSSR count). The predicted octanol–water partition coefficient (Wildman–Crippen LogP) is 2.69. The monoisotopic (exact) mass is 290 g/mol. The first-order chi connectivity index (χ1) is 10.3. The van der Waals surface area contributed by atoms with Crippen molar-refractivity contribution in [1.82, 2.24) is 19.8 Å². The Hall–Kier alpha value is -0.870. The zero-order valence-corrected chi connectivity index (χ0v) is 13.5. The normalized spacial score (nSPS) is 29.8. The van der Waals surface area contributed by atoms with Crippen LogP contribution in [0.15, 0.2) is 18.7 Å². The van der Waals surface area contributed by atoms with Crippen molar-refractivity contribution in [3.05, 3.63) is 18.7 Å². The Balaban J connectivity index is 1.53. The molecule has 4 heteroatoms. The molecule has 0 aromatic carbocycles. The number of hydrogen-bond donors (Lipinski definition) is 1. The highest BCUT2D eigenvalue weighted by Crippen LogP contribution is 2.31. The third kappa shape index (κ3) is 3.49. The van der Waals surface area contributed by atoms with Gasteiger partial charge >= 0.3 is 0 Å². The molecule has 1 saturated carbocycles. The van der Waals surface area contributed by atoms with E-state index in [0.29, 0.717) is 18.1 Å². The summed E-state index contributed by atoms with van der Waals surface area (Å²) in [6.07, 6.45) is 12.6. The molecule has 2 aliphatic rings. The summed E-state index contributed by atoms with van der Waals surface area (Å²) in [7, 11) is 0. The maximum atomic E-state index is 4.22. The lowest BCUT2D eigenvalue weighted by Gasteiger charge is -2.36. The average molecular weight is 290 g/mol. The summed E-state index contributed by atoms with van der Waals surface area (Å²) >= 11 is 0. The fourth-order valence-electron chi connectivity index (χ4n) is 4.20. The van der Waals surface area contributed by atoms with Crippen LogP contribution in [0, 0.1) is 5.92 Å². The van der Waals surface area contributed by atoms with Crippen LogP contribution in [0.5, 0.6) is 0 Å². The number of aromatic nitrogens is 2. The van der Waals surface area contributed by atoms with Gasteiger partial charge in [-0.2, -0.15) is 0 Å². The standard InChI is InChI=1S/C17H30N4/c1-3-20-10-7-15(8-11-20)14(2)19-16-5-4-6-17(16)21-12-9-18-13-21/h9,12-17,19H,3-8,10-11H2,1-2H3. The van der Waals surface area contributed by atoms with Gasteiger partial charge in [0.05, 0.1) is 6.33 Å². The van der Waals surface area contributed by atoms with Crippen LogP contribution in [-0.2, 0) is 0 Å². The third-order valence-corrected chi connectivity index (χ3v) is 5.65. The highest BCUT2D eigenvalue weighted by atomic mass is 15.1. The molecular weight excluding hydrogens is 260 g/mol. The predicted molar refractivity (Wildman–Crippen MR) is 86.3 cm³/mol. The highest BCUT2D eigenvalue weighted by Gasteiger charge is 2.31. The van der Waals surface area contributed by atoms with Crippen LogP contribution < -0.4 is 5.32 Å². The first-order valence-corrected chi connectivity index (χ1v) is 8.73. The van der Waals surface area contributed by atoms with Crippen LogP contribution in [0.25, 0.3) is 0 Å². The molecule has 2 fully saturated rings. The Bertz CT molecular complexity index is 408. The Morgan fingerprint density at radius 2 is 2.05 bits per heavy atom. The van der Waals surface area contributed by atoms with Crippen molar-refractivity contribution in [1.29, 1.82) is 0 Å².